The van der Waals surface area contributed by atoms with Gasteiger partial charge in [0.25, 0.3) is 5.91 Å². The Kier molecular flexibility index (Phi) is 6.72. The molecule has 1 atom stereocenters. The highest BCUT2D eigenvalue weighted by Gasteiger charge is 2.39. The Balaban J connectivity index is 1.15. The lowest BCUT2D eigenvalue weighted by Crippen LogP contribution is -2.52. The number of piperidine rings is 1. The maximum Gasteiger partial charge on any atom is 0.407 e. The van der Waals surface area contributed by atoms with Crippen molar-refractivity contribution in [2.24, 2.45) is 0 Å². The molecule has 4 amide bonds. The van der Waals surface area contributed by atoms with Crippen LogP contribution in [0.1, 0.15) is 45.5 Å². The predicted octanol–water partition coefficient (Wildman–Crippen LogP) is 3.85. The van der Waals surface area contributed by atoms with E-state index >= 15 is 0 Å². The fourth-order valence-corrected chi connectivity index (χ4v) is 4.67. The van der Waals surface area contributed by atoms with E-state index in [0.717, 1.165) is 27.8 Å². The summed E-state index contributed by atoms with van der Waals surface area (Å²) in [6, 6.07) is 20.9. The number of benzene rings is 3. The maximum absolute atomic E-state index is 13.0. The Hall–Kier alpha value is -4.46. The van der Waals surface area contributed by atoms with Crippen molar-refractivity contribution >= 4 is 23.8 Å². The molecule has 1 saturated heterocycles. The first kappa shape index (κ1) is 24.2. The average molecular weight is 498 g/mol. The molecule has 37 heavy (non-hydrogen) atoms. The molecule has 1 unspecified atom stereocenters. The van der Waals surface area contributed by atoms with Gasteiger partial charge in [0.15, 0.2) is 0 Å². The highest BCUT2D eigenvalue weighted by Crippen LogP contribution is 2.28. The molecule has 0 radical (unpaired) electrons. The number of hydrogen-bond donors (Lipinski definition) is 2. The average Bonchev–Trinajstić information content (AvgIpc) is 3.22. The first-order chi connectivity index (χ1) is 17.9. The lowest BCUT2D eigenvalue weighted by Gasteiger charge is -2.29. The van der Waals surface area contributed by atoms with Gasteiger partial charge in [-0.05, 0) is 53.3 Å². The van der Waals surface area contributed by atoms with Gasteiger partial charge in [0, 0.05) is 25.1 Å². The summed E-state index contributed by atoms with van der Waals surface area (Å²) in [5, 5.41) is 5.03. The Bertz CT molecular complexity index is 1380. The Morgan fingerprint density at radius 2 is 1.81 bits per heavy atom. The number of imide groups is 1. The molecule has 188 valence electrons. The Morgan fingerprint density at radius 3 is 2.59 bits per heavy atom. The van der Waals surface area contributed by atoms with Crippen molar-refractivity contribution in [3.05, 3.63) is 94.5 Å². The quantitative estimate of drug-likeness (QED) is 0.504. The third-order valence-electron chi connectivity index (χ3n) is 6.71. The van der Waals surface area contributed by atoms with Gasteiger partial charge >= 0.3 is 6.09 Å². The summed E-state index contributed by atoms with van der Waals surface area (Å²) < 4.78 is 5.39. The number of nitrogens with one attached hydrogen (secondary N) is 2. The van der Waals surface area contributed by atoms with Crippen LogP contribution in [-0.4, -0.2) is 34.8 Å². The van der Waals surface area contributed by atoms with Crippen molar-refractivity contribution in [3.63, 3.8) is 0 Å². The van der Waals surface area contributed by atoms with Gasteiger partial charge in [-0.3, -0.25) is 19.7 Å². The van der Waals surface area contributed by atoms with Crippen LogP contribution < -0.4 is 10.6 Å². The molecule has 2 aliphatic heterocycles. The van der Waals surface area contributed by atoms with E-state index < -0.39 is 18.0 Å². The zero-order valence-electron chi connectivity index (χ0n) is 20.5. The van der Waals surface area contributed by atoms with Crippen LogP contribution in [0.15, 0.2) is 66.7 Å². The smallest absolute Gasteiger partial charge is 0.407 e. The van der Waals surface area contributed by atoms with Gasteiger partial charge in [-0.15, -0.1) is 0 Å². The summed E-state index contributed by atoms with van der Waals surface area (Å²) in [7, 11) is 0. The Morgan fingerprint density at radius 1 is 1.00 bits per heavy atom. The first-order valence-electron chi connectivity index (χ1n) is 12.2. The molecule has 0 aromatic heterocycles. The number of carbonyl (C=O) groups excluding carboxylic acids is 4. The van der Waals surface area contributed by atoms with Crippen LogP contribution >= 0.6 is 0 Å². The standard InChI is InChI=1S/C29H27N3O5/c1-18-5-8-21(9-6-18)22-4-2-3-20(13-22)17-37-29(36)30-15-19-7-10-23-16-32(28(35)24(23)14-19)25-11-12-26(33)31-27(25)34/h2-10,13-14,25H,11-12,15-17H2,1H3,(H,30,36)(H,31,33,34). The van der Waals surface area contributed by atoms with Crippen molar-refractivity contribution in [1.29, 1.82) is 0 Å². The summed E-state index contributed by atoms with van der Waals surface area (Å²) in [5.41, 5.74) is 6.29. The van der Waals surface area contributed by atoms with Crippen LogP contribution in [0, 0.1) is 6.92 Å². The molecule has 8 heteroatoms. The number of fused-ring (bicyclic) bond motifs is 1. The van der Waals surface area contributed by atoms with E-state index in [0.29, 0.717) is 18.5 Å². The monoisotopic (exact) mass is 497 g/mol. The van der Waals surface area contributed by atoms with Gasteiger partial charge in [0.1, 0.15) is 12.6 Å². The molecule has 0 spiro atoms. The number of carbonyl (C=O) groups is 4. The van der Waals surface area contributed by atoms with E-state index in [1.54, 1.807) is 6.07 Å². The van der Waals surface area contributed by atoms with Crippen LogP contribution in [0.3, 0.4) is 0 Å². The van der Waals surface area contributed by atoms with Crippen molar-refractivity contribution in [2.45, 2.75) is 45.5 Å². The van der Waals surface area contributed by atoms with Gasteiger partial charge < -0.3 is 15.0 Å². The summed E-state index contributed by atoms with van der Waals surface area (Å²) >= 11 is 0. The summed E-state index contributed by atoms with van der Waals surface area (Å²) in [5.74, 6) is -1.00. The van der Waals surface area contributed by atoms with Crippen molar-refractivity contribution in [1.82, 2.24) is 15.5 Å². The number of nitrogens with zero attached hydrogens (tertiary/aromatic N) is 1. The molecule has 2 aliphatic rings. The van der Waals surface area contributed by atoms with Gasteiger partial charge in [-0.2, -0.15) is 0 Å². The zero-order chi connectivity index (χ0) is 25.9. The number of amides is 4. The minimum atomic E-state index is -0.654. The highest BCUT2D eigenvalue weighted by molar-refractivity contribution is 6.05. The number of rotatable bonds is 6. The van der Waals surface area contributed by atoms with Crippen molar-refractivity contribution in [2.75, 3.05) is 0 Å². The highest BCUT2D eigenvalue weighted by atomic mass is 16.5. The molecule has 2 N–H and O–H groups in total. The minimum Gasteiger partial charge on any atom is -0.445 e. The summed E-state index contributed by atoms with van der Waals surface area (Å²) in [6.07, 6.45) is -0.0273. The maximum atomic E-state index is 13.0. The fourth-order valence-electron chi connectivity index (χ4n) is 4.67. The summed E-state index contributed by atoms with van der Waals surface area (Å²) in [4.78, 5) is 50.4. The second-order valence-corrected chi connectivity index (χ2v) is 9.39. The predicted molar refractivity (Wildman–Crippen MR) is 136 cm³/mol. The van der Waals surface area contributed by atoms with Crippen LogP contribution in [0.25, 0.3) is 11.1 Å². The number of aryl methyl sites for hydroxylation is 1. The molecule has 5 rings (SSSR count). The van der Waals surface area contributed by atoms with E-state index in [1.807, 2.05) is 43.3 Å². The van der Waals surface area contributed by atoms with Gasteiger partial charge in [0.05, 0.1) is 0 Å². The molecular formula is C29H27N3O5. The molecule has 8 nitrogen and oxygen atoms in total. The molecule has 1 fully saturated rings. The topological polar surface area (TPSA) is 105 Å². The van der Waals surface area contributed by atoms with E-state index in [-0.39, 0.29) is 31.4 Å². The Labute approximate surface area is 214 Å². The molecule has 3 aromatic rings. The van der Waals surface area contributed by atoms with E-state index in [9.17, 15) is 19.2 Å². The number of hydrogen-bond acceptors (Lipinski definition) is 5. The van der Waals surface area contributed by atoms with Gasteiger partial charge in [-0.1, -0.05) is 60.2 Å². The second-order valence-electron chi connectivity index (χ2n) is 9.39. The van der Waals surface area contributed by atoms with Crippen molar-refractivity contribution in [3.8, 4) is 11.1 Å². The number of alkyl carbamates (subject to hydrolysis) is 1. The largest absolute Gasteiger partial charge is 0.445 e. The molecule has 0 saturated carbocycles. The van der Waals surface area contributed by atoms with E-state index in [2.05, 4.69) is 34.9 Å². The first-order valence-corrected chi connectivity index (χ1v) is 12.2. The SMILES string of the molecule is Cc1ccc(-c2cccc(COC(=O)NCc3ccc4c(c3)C(=O)N(C3CCC(=O)NC3=O)C4)c2)cc1. The third kappa shape index (κ3) is 5.38. The third-order valence-corrected chi connectivity index (χ3v) is 6.71. The summed E-state index contributed by atoms with van der Waals surface area (Å²) in [6.45, 7) is 2.69. The normalized spacial score (nSPS) is 16.8. The van der Waals surface area contributed by atoms with E-state index in [1.165, 1.54) is 10.5 Å². The minimum absolute atomic E-state index is 0.134. The van der Waals surface area contributed by atoms with Crippen molar-refractivity contribution < 1.29 is 23.9 Å². The molecule has 2 heterocycles. The van der Waals surface area contributed by atoms with Crippen LogP contribution in [0.5, 0.6) is 0 Å². The zero-order valence-corrected chi connectivity index (χ0v) is 20.5. The molecular weight excluding hydrogens is 470 g/mol. The van der Waals surface area contributed by atoms with Crippen LogP contribution in [0.4, 0.5) is 4.79 Å². The van der Waals surface area contributed by atoms with E-state index in [4.69, 9.17) is 4.74 Å². The molecule has 3 aromatic carbocycles. The fraction of sp³-hybridized carbons (Fsp3) is 0.241. The number of ether oxygens (including phenoxy) is 1. The van der Waals surface area contributed by atoms with Gasteiger partial charge in [0.2, 0.25) is 11.8 Å². The van der Waals surface area contributed by atoms with Gasteiger partial charge in [-0.25, -0.2) is 4.79 Å². The molecule has 0 bridgehead atoms. The lowest BCUT2D eigenvalue weighted by molar-refractivity contribution is -0.136. The molecule has 0 aliphatic carbocycles. The lowest BCUT2D eigenvalue weighted by atomic mass is 10.0. The van der Waals surface area contributed by atoms with Crippen LogP contribution in [0.2, 0.25) is 0 Å². The van der Waals surface area contributed by atoms with Crippen LogP contribution in [-0.2, 0) is 34.0 Å². The second kappa shape index (κ2) is 10.3.